The first-order valence-electron chi connectivity index (χ1n) is 10.2. The topological polar surface area (TPSA) is 84.9 Å². The van der Waals surface area contributed by atoms with E-state index in [0.29, 0.717) is 34.9 Å². The van der Waals surface area contributed by atoms with E-state index in [-0.39, 0.29) is 17.4 Å². The Hall–Kier alpha value is -3.26. The lowest BCUT2D eigenvalue weighted by Crippen LogP contribution is -2.41. The number of carbonyl (C=O) groups is 1. The van der Waals surface area contributed by atoms with Gasteiger partial charge in [0.15, 0.2) is 16.4 Å². The van der Waals surface area contributed by atoms with E-state index in [1.807, 2.05) is 37.3 Å². The van der Waals surface area contributed by atoms with Crippen molar-refractivity contribution in [1.82, 2.24) is 5.32 Å². The summed E-state index contributed by atoms with van der Waals surface area (Å²) >= 11 is 0. The standard InChI is InChI=1S/C24H28N2O5S/c1-6-12-26-20-14-22(31-5)21(30-4)13-19(20)17(3)23(32(26,28)29)24(27)25-15-16(2)18-10-8-7-9-11-18/h6-11,13-14,16H,1,12,15H2,2-5H3,(H,25,27)/t16-/m1/s1. The van der Waals surface area contributed by atoms with E-state index >= 15 is 0 Å². The molecule has 0 unspecified atom stereocenters. The lowest BCUT2D eigenvalue weighted by Gasteiger charge is -2.32. The Labute approximate surface area is 189 Å². The van der Waals surface area contributed by atoms with Crippen molar-refractivity contribution in [2.75, 3.05) is 31.6 Å². The van der Waals surface area contributed by atoms with Gasteiger partial charge in [-0.3, -0.25) is 9.10 Å². The van der Waals surface area contributed by atoms with Gasteiger partial charge in [0.05, 0.1) is 26.5 Å². The van der Waals surface area contributed by atoms with Crippen LogP contribution in [0.25, 0.3) is 5.57 Å². The summed E-state index contributed by atoms with van der Waals surface area (Å²) in [5.74, 6) is 0.224. The van der Waals surface area contributed by atoms with Gasteiger partial charge in [-0.1, -0.05) is 43.3 Å². The van der Waals surface area contributed by atoms with Crippen LogP contribution in [0.5, 0.6) is 11.5 Å². The Morgan fingerprint density at radius 3 is 2.38 bits per heavy atom. The summed E-state index contributed by atoms with van der Waals surface area (Å²) in [4.78, 5) is 12.9. The number of nitrogens with zero attached hydrogens (tertiary/aromatic N) is 1. The number of amides is 1. The number of hydrogen-bond donors (Lipinski definition) is 1. The maximum absolute atomic E-state index is 13.5. The summed E-state index contributed by atoms with van der Waals surface area (Å²) in [6.45, 7) is 7.59. The predicted molar refractivity (Wildman–Crippen MR) is 126 cm³/mol. The third-order valence-electron chi connectivity index (χ3n) is 5.50. The summed E-state index contributed by atoms with van der Waals surface area (Å²) < 4.78 is 38.8. The Bertz CT molecular complexity index is 1160. The number of sulfonamides is 1. The molecule has 0 saturated heterocycles. The maximum atomic E-state index is 13.5. The van der Waals surface area contributed by atoms with Crippen molar-refractivity contribution in [3.63, 3.8) is 0 Å². The molecule has 1 N–H and O–H groups in total. The molecule has 0 aromatic heterocycles. The van der Waals surface area contributed by atoms with Crippen LogP contribution in [0.3, 0.4) is 0 Å². The smallest absolute Gasteiger partial charge is 0.270 e. The minimum atomic E-state index is -4.11. The van der Waals surface area contributed by atoms with E-state index in [4.69, 9.17) is 9.47 Å². The van der Waals surface area contributed by atoms with Crippen LogP contribution < -0.4 is 19.1 Å². The molecule has 2 aromatic rings. The number of carbonyl (C=O) groups excluding carboxylic acids is 1. The van der Waals surface area contributed by atoms with Gasteiger partial charge in [-0.15, -0.1) is 6.58 Å². The molecule has 0 fully saturated rings. The van der Waals surface area contributed by atoms with Crippen molar-refractivity contribution in [2.45, 2.75) is 19.8 Å². The molecule has 7 nitrogen and oxygen atoms in total. The number of fused-ring (bicyclic) bond motifs is 1. The van der Waals surface area contributed by atoms with Crippen molar-refractivity contribution >= 4 is 27.2 Å². The van der Waals surface area contributed by atoms with Crippen molar-refractivity contribution in [2.24, 2.45) is 0 Å². The zero-order valence-electron chi connectivity index (χ0n) is 18.7. The third-order valence-corrected chi connectivity index (χ3v) is 7.44. The molecule has 0 aliphatic carbocycles. The molecule has 8 heteroatoms. The first-order valence-corrected chi connectivity index (χ1v) is 11.6. The highest BCUT2D eigenvalue weighted by atomic mass is 32.2. The molecule has 3 rings (SSSR count). The predicted octanol–water partition coefficient (Wildman–Crippen LogP) is 3.69. The first-order chi connectivity index (χ1) is 15.3. The highest BCUT2D eigenvalue weighted by molar-refractivity contribution is 7.97. The van der Waals surface area contributed by atoms with Crippen LogP contribution >= 0.6 is 0 Å². The zero-order chi connectivity index (χ0) is 23.5. The molecule has 1 heterocycles. The largest absolute Gasteiger partial charge is 0.493 e. The summed E-state index contributed by atoms with van der Waals surface area (Å²) in [5, 5.41) is 2.80. The highest BCUT2D eigenvalue weighted by Gasteiger charge is 2.39. The molecule has 0 bridgehead atoms. The van der Waals surface area contributed by atoms with Crippen LogP contribution in [0.2, 0.25) is 0 Å². The molecule has 0 saturated carbocycles. The van der Waals surface area contributed by atoms with Gasteiger partial charge in [-0.2, -0.15) is 0 Å². The quantitative estimate of drug-likeness (QED) is 0.613. The number of benzene rings is 2. The van der Waals surface area contributed by atoms with Gasteiger partial charge in [-0.25, -0.2) is 8.42 Å². The fourth-order valence-electron chi connectivity index (χ4n) is 3.76. The minimum Gasteiger partial charge on any atom is -0.493 e. The SMILES string of the molecule is C=CCN1c2cc(OC)c(OC)cc2C(C)=C(C(=O)NC[C@@H](C)c2ccccc2)S1(=O)=O. The van der Waals surface area contributed by atoms with Crippen LogP contribution in [0.15, 0.2) is 60.0 Å². The van der Waals surface area contributed by atoms with Crippen LogP contribution in [0.4, 0.5) is 5.69 Å². The lowest BCUT2D eigenvalue weighted by atomic mass is 10.0. The number of hydrogen-bond acceptors (Lipinski definition) is 5. The lowest BCUT2D eigenvalue weighted by molar-refractivity contribution is -0.116. The average Bonchev–Trinajstić information content (AvgIpc) is 2.79. The highest BCUT2D eigenvalue weighted by Crippen LogP contribution is 2.44. The number of anilines is 1. The summed E-state index contributed by atoms with van der Waals surface area (Å²) in [6.07, 6.45) is 1.48. The molecule has 1 aliphatic heterocycles. The Kier molecular flexibility index (Phi) is 6.93. The third kappa shape index (κ3) is 4.23. The fraction of sp³-hybridized carbons (Fsp3) is 0.292. The Morgan fingerprint density at radius 1 is 1.16 bits per heavy atom. The Morgan fingerprint density at radius 2 is 1.78 bits per heavy atom. The fourth-order valence-corrected chi connectivity index (χ4v) is 5.49. The molecule has 1 amide bonds. The van der Waals surface area contributed by atoms with Crippen molar-refractivity contribution in [3.8, 4) is 11.5 Å². The van der Waals surface area contributed by atoms with Gasteiger partial charge in [0.1, 0.15) is 0 Å². The summed E-state index contributed by atoms with van der Waals surface area (Å²) in [5.41, 5.74) is 2.40. The number of nitrogens with one attached hydrogen (secondary N) is 1. The summed E-state index contributed by atoms with van der Waals surface area (Å²) in [7, 11) is -1.13. The number of allylic oxidation sites excluding steroid dienone is 1. The molecule has 1 aliphatic rings. The molecule has 0 radical (unpaired) electrons. The second-order valence-electron chi connectivity index (χ2n) is 7.53. The Balaban J connectivity index is 2.03. The normalized spacial score (nSPS) is 15.6. The van der Waals surface area contributed by atoms with E-state index < -0.39 is 15.9 Å². The van der Waals surface area contributed by atoms with Crippen LogP contribution in [-0.4, -0.2) is 41.6 Å². The molecular formula is C24H28N2O5S. The van der Waals surface area contributed by atoms with Crippen molar-refractivity contribution in [3.05, 3.63) is 71.2 Å². The maximum Gasteiger partial charge on any atom is 0.270 e. The average molecular weight is 457 g/mol. The van der Waals surface area contributed by atoms with Gasteiger partial charge in [0, 0.05) is 18.2 Å². The van der Waals surface area contributed by atoms with E-state index in [9.17, 15) is 13.2 Å². The molecule has 1 atom stereocenters. The number of ether oxygens (including phenoxy) is 2. The minimum absolute atomic E-state index is 0.00922. The molecular weight excluding hydrogens is 428 g/mol. The van der Waals surface area contributed by atoms with Gasteiger partial charge in [0.2, 0.25) is 0 Å². The van der Waals surface area contributed by atoms with Gasteiger partial charge >= 0.3 is 0 Å². The second-order valence-corrected chi connectivity index (χ2v) is 9.32. The van der Waals surface area contributed by atoms with Crippen LogP contribution in [0, 0.1) is 0 Å². The molecule has 32 heavy (non-hydrogen) atoms. The van der Waals surface area contributed by atoms with E-state index in [2.05, 4.69) is 11.9 Å². The number of rotatable bonds is 8. The van der Waals surface area contributed by atoms with Crippen LogP contribution in [-0.2, 0) is 14.8 Å². The summed E-state index contributed by atoms with van der Waals surface area (Å²) in [6, 6.07) is 13.0. The van der Waals surface area contributed by atoms with Gasteiger partial charge in [0.25, 0.3) is 15.9 Å². The van der Waals surface area contributed by atoms with Gasteiger partial charge < -0.3 is 14.8 Å². The van der Waals surface area contributed by atoms with Gasteiger partial charge in [-0.05, 0) is 30.0 Å². The van der Waals surface area contributed by atoms with E-state index in [1.165, 1.54) is 24.6 Å². The van der Waals surface area contributed by atoms with Crippen LogP contribution in [0.1, 0.15) is 30.9 Å². The van der Waals surface area contributed by atoms with E-state index in [1.54, 1.807) is 19.1 Å². The molecule has 170 valence electrons. The second kappa shape index (κ2) is 9.48. The zero-order valence-corrected chi connectivity index (χ0v) is 19.5. The van der Waals surface area contributed by atoms with Crippen molar-refractivity contribution in [1.29, 1.82) is 0 Å². The monoisotopic (exact) mass is 456 g/mol. The molecule has 2 aromatic carbocycles. The van der Waals surface area contributed by atoms with E-state index in [0.717, 1.165) is 5.56 Å². The number of methoxy groups -OCH3 is 2. The molecule has 0 spiro atoms. The van der Waals surface area contributed by atoms with Crippen molar-refractivity contribution < 1.29 is 22.7 Å². The first kappa shape index (κ1) is 23.4.